The molecular formula is C13H24N2O3. The van der Waals surface area contributed by atoms with Crippen molar-refractivity contribution in [3.63, 3.8) is 0 Å². The summed E-state index contributed by atoms with van der Waals surface area (Å²) in [5.74, 6) is -0.225. The molecule has 0 aromatic carbocycles. The minimum Gasteiger partial charge on any atom is -0.353 e. The van der Waals surface area contributed by atoms with E-state index in [0.717, 1.165) is 32.4 Å². The van der Waals surface area contributed by atoms with Gasteiger partial charge in [0.25, 0.3) is 0 Å². The Hall–Kier alpha value is -0.650. The zero-order chi connectivity index (χ0) is 13.0. The number of hydrogen-bond donors (Lipinski definition) is 1. The molecule has 5 heteroatoms. The number of amides is 1. The lowest BCUT2D eigenvalue weighted by Crippen LogP contribution is -2.49. The monoisotopic (exact) mass is 256 g/mol. The fourth-order valence-corrected chi connectivity index (χ4v) is 2.46. The Morgan fingerprint density at radius 3 is 2.50 bits per heavy atom. The van der Waals surface area contributed by atoms with Crippen molar-refractivity contribution < 1.29 is 14.3 Å². The van der Waals surface area contributed by atoms with Crippen LogP contribution in [0.3, 0.4) is 0 Å². The predicted molar refractivity (Wildman–Crippen MR) is 68.2 cm³/mol. The minimum absolute atomic E-state index is 0.119. The molecule has 0 unspecified atom stereocenters. The standard InChI is InChI=1S/C13H24N2O3/c1-3-11(2)14-12(16)10-15-6-4-13(5-7-15)17-8-9-18-13/h11H,3-10H2,1-2H3,(H,14,16)/t11-/m0/s1. The van der Waals surface area contributed by atoms with Gasteiger partial charge in [0.05, 0.1) is 19.8 Å². The summed E-state index contributed by atoms with van der Waals surface area (Å²) in [6.45, 7) is 7.74. The number of carbonyl (C=O) groups is 1. The Labute approximate surface area is 109 Å². The van der Waals surface area contributed by atoms with E-state index in [2.05, 4.69) is 17.1 Å². The van der Waals surface area contributed by atoms with Gasteiger partial charge in [-0.1, -0.05) is 6.92 Å². The molecular weight excluding hydrogens is 232 g/mol. The maximum atomic E-state index is 11.8. The van der Waals surface area contributed by atoms with Crippen LogP contribution in [0, 0.1) is 0 Å². The second kappa shape index (κ2) is 5.99. The first-order valence-electron chi connectivity index (χ1n) is 6.93. The largest absolute Gasteiger partial charge is 0.353 e. The number of ether oxygens (including phenoxy) is 2. The molecule has 2 aliphatic rings. The molecule has 1 N–H and O–H groups in total. The quantitative estimate of drug-likeness (QED) is 0.806. The second-order valence-corrected chi connectivity index (χ2v) is 5.26. The van der Waals surface area contributed by atoms with Crippen molar-refractivity contribution in [2.45, 2.75) is 44.9 Å². The van der Waals surface area contributed by atoms with E-state index in [9.17, 15) is 4.79 Å². The molecule has 0 aliphatic carbocycles. The average Bonchev–Trinajstić information content (AvgIpc) is 2.81. The molecule has 2 aliphatic heterocycles. The fourth-order valence-electron chi connectivity index (χ4n) is 2.46. The van der Waals surface area contributed by atoms with Gasteiger partial charge < -0.3 is 14.8 Å². The highest BCUT2D eigenvalue weighted by molar-refractivity contribution is 5.78. The van der Waals surface area contributed by atoms with E-state index >= 15 is 0 Å². The van der Waals surface area contributed by atoms with Crippen molar-refractivity contribution >= 4 is 5.91 Å². The summed E-state index contributed by atoms with van der Waals surface area (Å²) in [4.78, 5) is 14.0. The van der Waals surface area contributed by atoms with Crippen LogP contribution in [0.2, 0.25) is 0 Å². The van der Waals surface area contributed by atoms with Gasteiger partial charge in [0.15, 0.2) is 5.79 Å². The Morgan fingerprint density at radius 1 is 1.33 bits per heavy atom. The summed E-state index contributed by atoms with van der Waals surface area (Å²) < 4.78 is 11.3. The highest BCUT2D eigenvalue weighted by Gasteiger charge is 2.39. The van der Waals surface area contributed by atoms with Crippen LogP contribution in [-0.4, -0.2) is 55.5 Å². The van der Waals surface area contributed by atoms with E-state index in [1.54, 1.807) is 0 Å². The van der Waals surface area contributed by atoms with E-state index in [-0.39, 0.29) is 17.7 Å². The van der Waals surface area contributed by atoms with Gasteiger partial charge in [-0.25, -0.2) is 0 Å². The molecule has 0 radical (unpaired) electrons. The van der Waals surface area contributed by atoms with Crippen LogP contribution in [0.1, 0.15) is 33.1 Å². The van der Waals surface area contributed by atoms with Crippen LogP contribution >= 0.6 is 0 Å². The lowest BCUT2D eigenvalue weighted by molar-refractivity contribution is -0.185. The third-order valence-corrected chi connectivity index (χ3v) is 3.82. The lowest BCUT2D eigenvalue weighted by Gasteiger charge is -2.37. The summed E-state index contributed by atoms with van der Waals surface area (Å²) in [6, 6.07) is 0.259. The van der Waals surface area contributed by atoms with Gasteiger partial charge in [-0.05, 0) is 13.3 Å². The first-order valence-corrected chi connectivity index (χ1v) is 6.93. The zero-order valence-electron chi connectivity index (χ0n) is 11.4. The molecule has 1 atom stereocenters. The molecule has 2 heterocycles. The minimum atomic E-state index is -0.344. The summed E-state index contributed by atoms with van der Waals surface area (Å²) >= 11 is 0. The van der Waals surface area contributed by atoms with Gasteiger partial charge in [-0.15, -0.1) is 0 Å². The van der Waals surface area contributed by atoms with Crippen LogP contribution in [0.25, 0.3) is 0 Å². The molecule has 1 spiro atoms. The topological polar surface area (TPSA) is 50.8 Å². The van der Waals surface area contributed by atoms with Gasteiger partial charge in [0, 0.05) is 32.0 Å². The third-order valence-electron chi connectivity index (χ3n) is 3.82. The van der Waals surface area contributed by atoms with Crippen LogP contribution < -0.4 is 5.32 Å². The molecule has 0 aromatic rings. The van der Waals surface area contributed by atoms with Crippen molar-refractivity contribution in [2.24, 2.45) is 0 Å². The Kier molecular flexibility index (Phi) is 4.59. The molecule has 2 rings (SSSR count). The summed E-state index contributed by atoms with van der Waals surface area (Å²) in [7, 11) is 0. The number of piperidine rings is 1. The van der Waals surface area contributed by atoms with Crippen molar-refractivity contribution in [1.29, 1.82) is 0 Å². The Balaban J connectivity index is 1.71. The van der Waals surface area contributed by atoms with Crippen LogP contribution in [0.4, 0.5) is 0 Å². The predicted octanol–water partition coefficient (Wildman–Crippen LogP) is 0.740. The van der Waals surface area contributed by atoms with Gasteiger partial charge in [-0.3, -0.25) is 9.69 Å². The molecule has 2 fully saturated rings. The molecule has 104 valence electrons. The van der Waals surface area contributed by atoms with Crippen molar-refractivity contribution in [1.82, 2.24) is 10.2 Å². The summed E-state index contributed by atoms with van der Waals surface area (Å²) in [5.41, 5.74) is 0. The molecule has 5 nitrogen and oxygen atoms in total. The fraction of sp³-hybridized carbons (Fsp3) is 0.923. The zero-order valence-corrected chi connectivity index (χ0v) is 11.4. The van der Waals surface area contributed by atoms with Crippen molar-refractivity contribution in [2.75, 3.05) is 32.8 Å². The van der Waals surface area contributed by atoms with E-state index < -0.39 is 0 Å². The number of hydrogen-bond acceptors (Lipinski definition) is 4. The van der Waals surface area contributed by atoms with E-state index in [0.29, 0.717) is 19.8 Å². The Bertz CT molecular complexity index is 280. The number of nitrogens with one attached hydrogen (secondary N) is 1. The number of carbonyl (C=O) groups excluding carboxylic acids is 1. The van der Waals surface area contributed by atoms with E-state index in [4.69, 9.17) is 9.47 Å². The molecule has 1 amide bonds. The number of rotatable bonds is 4. The summed E-state index contributed by atoms with van der Waals surface area (Å²) in [5, 5.41) is 2.99. The number of likely N-dealkylation sites (tertiary alicyclic amines) is 1. The third kappa shape index (κ3) is 3.43. The SMILES string of the molecule is CC[C@H](C)NC(=O)CN1CCC2(CC1)OCCO2. The van der Waals surface area contributed by atoms with Gasteiger partial charge in [0.2, 0.25) is 5.91 Å². The maximum Gasteiger partial charge on any atom is 0.234 e. The van der Waals surface area contributed by atoms with Crippen molar-refractivity contribution in [3.05, 3.63) is 0 Å². The van der Waals surface area contributed by atoms with Gasteiger partial charge in [-0.2, -0.15) is 0 Å². The molecule has 18 heavy (non-hydrogen) atoms. The van der Waals surface area contributed by atoms with E-state index in [1.807, 2.05) is 6.92 Å². The first kappa shape index (κ1) is 13.8. The first-order chi connectivity index (χ1) is 8.63. The normalized spacial score (nSPS) is 25.2. The smallest absolute Gasteiger partial charge is 0.234 e. The lowest BCUT2D eigenvalue weighted by atomic mass is 10.0. The maximum absolute atomic E-state index is 11.8. The van der Waals surface area contributed by atoms with Crippen LogP contribution in [0.15, 0.2) is 0 Å². The molecule has 0 bridgehead atoms. The van der Waals surface area contributed by atoms with Gasteiger partial charge in [0.1, 0.15) is 0 Å². The van der Waals surface area contributed by atoms with Crippen molar-refractivity contribution in [3.8, 4) is 0 Å². The van der Waals surface area contributed by atoms with Crippen LogP contribution in [0.5, 0.6) is 0 Å². The molecule has 0 saturated carbocycles. The number of nitrogens with zero attached hydrogens (tertiary/aromatic N) is 1. The molecule has 2 saturated heterocycles. The van der Waals surface area contributed by atoms with E-state index in [1.165, 1.54) is 0 Å². The van der Waals surface area contributed by atoms with Crippen LogP contribution in [-0.2, 0) is 14.3 Å². The highest BCUT2D eigenvalue weighted by Crippen LogP contribution is 2.30. The average molecular weight is 256 g/mol. The molecule has 0 aromatic heterocycles. The second-order valence-electron chi connectivity index (χ2n) is 5.26. The Morgan fingerprint density at radius 2 is 1.94 bits per heavy atom. The van der Waals surface area contributed by atoms with Gasteiger partial charge >= 0.3 is 0 Å². The highest BCUT2D eigenvalue weighted by atomic mass is 16.7. The summed E-state index contributed by atoms with van der Waals surface area (Å²) in [6.07, 6.45) is 2.70.